The molecule has 1 aliphatic rings. The van der Waals surface area contributed by atoms with Gasteiger partial charge in [-0.2, -0.15) is 4.98 Å². The van der Waals surface area contributed by atoms with Crippen molar-refractivity contribution < 1.29 is 9.47 Å². The smallest absolute Gasteiger partial charge is 0.219 e. The van der Waals surface area contributed by atoms with E-state index in [1.54, 1.807) is 0 Å². The van der Waals surface area contributed by atoms with E-state index in [-0.39, 0.29) is 6.10 Å². The minimum absolute atomic E-state index is 0.283. The van der Waals surface area contributed by atoms with Crippen LogP contribution in [0.3, 0.4) is 0 Å². The van der Waals surface area contributed by atoms with Gasteiger partial charge in [0.05, 0.1) is 0 Å². The Bertz CT molecular complexity index is 432. The Kier molecular flexibility index (Phi) is 6.23. The van der Waals surface area contributed by atoms with Crippen LogP contribution >= 0.6 is 0 Å². The van der Waals surface area contributed by atoms with E-state index >= 15 is 0 Å². The molecule has 0 aromatic carbocycles. The molecule has 1 N–H and O–H groups in total. The van der Waals surface area contributed by atoms with Gasteiger partial charge in [-0.1, -0.05) is 6.92 Å². The molecule has 0 atom stereocenters. The van der Waals surface area contributed by atoms with Crippen molar-refractivity contribution in [2.45, 2.75) is 59.2 Å². The van der Waals surface area contributed by atoms with Crippen LogP contribution in [0.2, 0.25) is 0 Å². The normalized spacial score (nSPS) is 22.0. The molecule has 0 aliphatic heterocycles. The highest BCUT2D eigenvalue weighted by molar-refractivity contribution is 5.38. The molecule has 1 saturated carbocycles. The van der Waals surface area contributed by atoms with Crippen molar-refractivity contribution in [3.05, 3.63) is 11.9 Å². The lowest BCUT2D eigenvalue weighted by Gasteiger charge is -2.26. The molecule has 0 amide bonds. The average Bonchev–Trinajstić information content (AvgIpc) is 2.48. The molecule has 0 bridgehead atoms. The lowest BCUT2D eigenvalue weighted by Crippen LogP contribution is -2.23. The van der Waals surface area contributed by atoms with Crippen molar-refractivity contribution in [2.24, 2.45) is 5.92 Å². The van der Waals surface area contributed by atoms with Gasteiger partial charge in [-0.3, -0.25) is 0 Å². The molecule has 5 heteroatoms. The largest absolute Gasteiger partial charge is 0.474 e. The molecule has 1 fully saturated rings. The Labute approximate surface area is 127 Å². The summed E-state index contributed by atoms with van der Waals surface area (Å²) in [5.74, 6) is 2.96. The van der Waals surface area contributed by atoms with Gasteiger partial charge in [-0.15, -0.1) is 0 Å². The standard InChI is InChI=1S/C16H27N3O2/c1-4-17-14-10-16(19-15(18-14)11-20-5-2)21-13-8-6-12(3)7-9-13/h10,12-13H,4-9,11H2,1-3H3,(H,17,18,19). The van der Waals surface area contributed by atoms with Crippen LogP contribution in [-0.4, -0.2) is 29.2 Å². The van der Waals surface area contributed by atoms with E-state index in [9.17, 15) is 0 Å². The monoisotopic (exact) mass is 293 g/mol. The maximum absolute atomic E-state index is 6.06. The first kappa shape index (κ1) is 16.0. The molecule has 5 nitrogen and oxygen atoms in total. The quantitative estimate of drug-likeness (QED) is 0.835. The second-order valence-electron chi connectivity index (χ2n) is 5.67. The third-order valence-electron chi connectivity index (χ3n) is 3.79. The fraction of sp³-hybridized carbons (Fsp3) is 0.750. The van der Waals surface area contributed by atoms with Crippen LogP contribution in [-0.2, 0) is 11.3 Å². The zero-order chi connectivity index (χ0) is 15.1. The first-order valence-corrected chi connectivity index (χ1v) is 8.07. The van der Waals surface area contributed by atoms with Crippen LogP contribution in [0.5, 0.6) is 5.88 Å². The second kappa shape index (κ2) is 8.17. The van der Waals surface area contributed by atoms with Gasteiger partial charge in [0.1, 0.15) is 18.5 Å². The van der Waals surface area contributed by atoms with E-state index in [1.165, 1.54) is 12.8 Å². The third kappa shape index (κ3) is 5.16. The lowest BCUT2D eigenvalue weighted by molar-refractivity contribution is 0.119. The summed E-state index contributed by atoms with van der Waals surface area (Å²) in [6, 6.07) is 1.89. The van der Waals surface area contributed by atoms with Crippen LogP contribution in [0.25, 0.3) is 0 Å². The van der Waals surface area contributed by atoms with Gasteiger partial charge in [-0.25, -0.2) is 4.98 Å². The highest BCUT2D eigenvalue weighted by Crippen LogP contribution is 2.27. The van der Waals surface area contributed by atoms with Crippen LogP contribution < -0.4 is 10.1 Å². The minimum atomic E-state index is 0.283. The summed E-state index contributed by atoms with van der Waals surface area (Å²) >= 11 is 0. The third-order valence-corrected chi connectivity index (χ3v) is 3.79. The maximum atomic E-state index is 6.06. The minimum Gasteiger partial charge on any atom is -0.474 e. The summed E-state index contributed by atoms with van der Waals surface area (Å²) in [4.78, 5) is 8.91. The highest BCUT2D eigenvalue weighted by Gasteiger charge is 2.20. The molecule has 0 saturated heterocycles. The zero-order valence-corrected chi connectivity index (χ0v) is 13.4. The first-order chi connectivity index (χ1) is 10.2. The molecule has 0 unspecified atom stereocenters. The van der Waals surface area contributed by atoms with Crippen molar-refractivity contribution in [3.8, 4) is 5.88 Å². The van der Waals surface area contributed by atoms with Crippen molar-refractivity contribution in [1.29, 1.82) is 0 Å². The van der Waals surface area contributed by atoms with Crippen molar-refractivity contribution in [2.75, 3.05) is 18.5 Å². The van der Waals surface area contributed by atoms with Crippen molar-refractivity contribution >= 4 is 5.82 Å². The molecule has 2 rings (SSSR count). The molecular weight excluding hydrogens is 266 g/mol. The molecule has 118 valence electrons. The summed E-state index contributed by atoms with van der Waals surface area (Å²) in [6.07, 6.45) is 4.99. The Morgan fingerprint density at radius 1 is 1.19 bits per heavy atom. The zero-order valence-electron chi connectivity index (χ0n) is 13.4. The van der Waals surface area contributed by atoms with Crippen LogP contribution in [0.4, 0.5) is 5.82 Å². The summed E-state index contributed by atoms with van der Waals surface area (Å²) in [5, 5.41) is 3.22. The summed E-state index contributed by atoms with van der Waals surface area (Å²) in [5.41, 5.74) is 0. The van der Waals surface area contributed by atoms with E-state index in [1.807, 2.05) is 19.9 Å². The number of nitrogens with zero attached hydrogens (tertiary/aromatic N) is 2. The van der Waals surface area contributed by atoms with Gasteiger partial charge in [0.15, 0.2) is 5.82 Å². The SMILES string of the molecule is CCNc1cc(OC2CCC(C)CC2)nc(COCC)n1. The Balaban J connectivity index is 2.03. The predicted octanol–water partition coefficient (Wildman–Crippen LogP) is 3.40. The van der Waals surface area contributed by atoms with Crippen LogP contribution in [0.1, 0.15) is 52.3 Å². The van der Waals surface area contributed by atoms with Gasteiger partial charge in [-0.05, 0) is 45.4 Å². The fourth-order valence-electron chi connectivity index (χ4n) is 2.58. The molecule has 0 radical (unpaired) electrons. The van der Waals surface area contributed by atoms with E-state index < -0.39 is 0 Å². The van der Waals surface area contributed by atoms with Crippen molar-refractivity contribution in [3.63, 3.8) is 0 Å². The molecular formula is C16H27N3O2. The van der Waals surface area contributed by atoms with E-state index in [2.05, 4.69) is 22.2 Å². The summed E-state index contributed by atoms with van der Waals surface area (Å²) in [6.45, 7) is 8.23. The summed E-state index contributed by atoms with van der Waals surface area (Å²) in [7, 11) is 0. The number of nitrogens with one attached hydrogen (secondary N) is 1. The number of aromatic nitrogens is 2. The van der Waals surface area contributed by atoms with Crippen LogP contribution in [0.15, 0.2) is 6.07 Å². The number of rotatable bonds is 7. The molecule has 21 heavy (non-hydrogen) atoms. The number of ether oxygens (including phenoxy) is 2. The van der Waals surface area contributed by atoms with Gasteiger partial charge >= 0.3 is 0 Å². The van der Waals surface area contributed by atoms with Gasteiger partial charge in [0.2, 0.25) is 5.88 Å². The topological polar surface area (TPSA) is 56.3 Å². The first-order valence-electron chi connectivity index (χ1n) is 8.07. The van der Waals surface area contributed by atoms with Gasteiger partial charge in [0.25, 0.3) is 0 Å². The Hall–Kier alpha value is -1.36. The van der Waals surface area contributed by atoms with E-state index in [0.717, 1.165) is 31.1 Å². The van der Waals surface area contributed by atoms with Crippen LogP contribution in [0, 0.1) is 5.92 Å². The number of hydrogen-bond acceptors (Lipinski definition) is 5. The maximum Gasteiger partial charge on any atom is 0.219 e. The molecule has 0 spiro atoms. The molecule has 1 heterocycles. The van der Waals surface area contributed by atoms with Crippen molar-refractivity contribution in [1.82, 2.24) is 9.97 Å². The molecule has 1 aromatic rings. The average molecular weight is 293 g/mol. The summed E-state index contributed by atoms with van der Waals surface area (Å²) < 4.78 is 11.5. The second-order valence-corrected chi connectivity index (χ2v) is 5.67. The van der Waals surface area contributed by atoms with Gasteiger partial charge in [0, 0.05) is 19.2 Å². The highest BCUT2D eigenvalue weighted by atomic mass is 16.5. The lowest BCUT2D eigenvalue weighted by atomic mass is 9.89. The Morgan fingerprint density at radius 2 is 1.95 bits per heavy atom. The number of hydrogen-bond donors (Lipinski definition) is 1. The number of anilines is 1. The molecule has 1 aliphatic carbocycles. The van der Waals surface area contributed by atoms with E-state index in [4.69, 9.17) is 9.47 Å². The van der Waals surface area contributed by atoms with Gasteiger partial charge < -0.3 is 14.8 Å². The fourth-order valence-corrected chi connectivity index (χ4v) is 2.58. The van der Waals surface area contributed by atoms with E-state index in [0.29, 0.717) is 24.9 Å². The molecule has 1 aromatic heterocycles. The Morgan fingerprint density at radius 3 is 2.62 bits per heavy atom. The predicted molar refractivity (Wildman–Crippen MR) is 83.6 cm³/mol.